The highest BCUT2D eigenvalue weighted by molar-refractivity contribution is 5.80. The van der Waals surface area contributed by atoms with E-state index in [0.717, 1.165) is 24.4 Å². The fraction of sp³-hybridized carbons (Fsp3) is 0.533. The zero-order valence-corrected chi connectivity index (χ0v) is 11.8. The Morgan fingerprint density at radius 2 is 2.16 bits per heavy atom. The zero-order valence-electron chi connectivity index (χ0n) is 11.8. The minimum absolute atomic E-state index is 0.0450. The molecular weight excluding hydrogens is 240 g/mol. The molecule has 0 saturated carbocycles. The number of hydrogen-bond acceptors (Lipinski definition) is 3. The molecule has 4 heteroatoms. The molecule has 1 amide bonds. The van der Waals surface area contributed by atoms with E-state index in [-0.39, 0.29) is 17.9 Å². The van der Waals surface area contributed by atoms with Crippen molar-refractivity contribution in [3.05, 3.63) is 29.8 Å². The fourth-order valence-corrected chi connectivity index (χ4v) is 2.58. The molecule has 1 aromatic carbocycles. The second-order valence-corrected chi connectivity index (χ2v) is 5.21. The molecule has 1 heterocycles. The van der Waals surface area contributed by atoms with Gasteiger partial charge in [-0.3, -0.25) is 4.79 Å². The van der Waals surface area contributed by atoms with Crippen LogP contribution >= 0.6 is 0 Å². The van der Waals surface area contributed by atoms with Gasteiger partial charge < -0.3 is 15.4 Å². The Labute approximate surface area is 114 Å². The van der Waals surface area contributed by atoms with Crippen LogP contribution in [-0.2, 0) is 4.79 Å². The SMILES string of the molecule is COc1ccccc1[C@@H](C)NC(=O)C1CNCC1C. The van der Waals surface area contributed by atoms with Gasteiger partial charge in [0.05, 0.1) is 19.1 Å². The first-order valence-electron chi connectivity index (χ1n) is 6.77. The van der Waals surface area contributed by atoms with Crippen LogP contribution in [0.1, 0.15) is 25.5 Å². The Balaban J connectivity index is 2.04. The van der Waals surface area contributed by atoms with Crippen molar-refractivity contribution in [3.63, 3.8) is 0 Å². The van der Waals surface area contributed by atoms with Crippen molar-refractivity contribution >= 4 is 5.91 Å². The maximum absolute atomic E-state index is 12.2. The van der Waals surface area contributed by atoms with E-state index in [9.17, 15) is 4.79 Å². The maximum Gasteiger partial charge on any atom is 0.225 e. The van der Waals surface area contributed by atoms with Gasteiger partial charge in [0.25, 0.3) is 0 Å². The van der Waals surface area contributed by atoms with Gasteiger partial charge in [-0.1, -0.05) is 25.1 Å². The van der Waals surface area contributed by atoms with Crippen molar-refractivity contribution in [1.29, 1.82) is 0 Å². The van der Waals surface area contributed by atoms with E-state index < -0.39 is 0 Å². The average Bonchev–Trinajstić information content (AvgIpc) is 2.85. The maximum atomic E-state index is 12.2. The first-order chi connectivity index (χ1) is 9.13. The summed E-state index contributed by atoms with van der Waals surface area (Å²) >= 11 is 0. The third-order valence-corrected chi connectivity index (χ3v) is 3.82. The topological polar surface area (TPSA) is 50.4 Å². The predicted molar refractivity (Wildman–Crippen MR) is 75.1 cm³/mol. The van der Waals surface area contributed by atoms with E-state index >= 15 is 0 Å². The van der Waals surface area contributed by atoms with E-state index in [0.29, 0.717) is 5.92 Å². The van der Waals surface area contributed by atoms with Crippen molar-refractivity contribution in [3.8, 4) is 5.75 Å². The number of rotatable bonds is 4. The summed E-state index contributed by atoms with van der Waals surface area (Å²) in [6, 6.07) is 7.74. The molecule has 0 spiro atoms. The lowest BCUT2D eigenvalue weighted by molar-refractivity contribution is -0.126. The average molecular weight is 262 g/mol. The van der Waals surface area contributed by atoms with Crippen molar-refractivity contribution in [2.75, 3.05) is 20.2 Å². The van der Waals surface area contributed by atoms with Crippen molar-refractivity contribution in [2.45, 2.75) is 19.9 Å². The number of hydrogen-bond donors (Lipinski definition) is 2. The summed E-state index contributed by atoms with van der Waals surface area (Å²) in [5, 5.41) is 6.34. The molecule has 0 bridgehead atoms. The van der Waals surface area contributed by atoms with E-state index in [1.165, 1.54) is 0 Å². The second-order valence-electron chi connectivity index (χ2n) is 5.21. The van der Waals surface area contributed by atoms with Crippen LogP contribution in [-0.4, -0.2) is 26.1 Å². The van der Waals surface area contributed by atoms with Crippen molar-refractivity contribution in [1.82, 2.24) is 10.6 Å². The molecule has 1 aliphatic rings. The Morgan fingerprint density at radius 3 is 2.79 bits per heavy atom. The number of carbonyl (C=O) groups is 1. The van der Waals surface area contributed by atoms with Gasteiger partial charge in [-0.05, 0) is 25.5 Å². The van der Waals surface area contributed by atoms with Gasteiger partial charge in [0, 0.05) is 12.1 Å². The largest absolute Gasteiger partial charge is 0.496 e. The highest BCUT2D eigenvalue weighted by Crippen LogP contribution is 2.25. The highest BCUT2D eigenvalue weighted by atomic mass is 16.5. The second kappa shape index (κ2) is 6.06. The summed E-state index contributed by atoms with van der Waals surface area (Å²) in [7, 11) is 1.65. The van der Waals surface area contributed by atoms with E-state index in [1.807, 2.05) is 31.2 Å². The molecule has 1 fully saturated rings. The molecular formula is C15H22N2O2. The van der Waals surface area contributed by atoms with Gasteiger partial charge >= 0.3 is 0 Å². The lowest BCUT2D eigenvalue weighted by Crippen LogP contribution is -2.36. The summed E-state index contributed by atoms with van der Waals surface area (Å²) in [6.45, 7) is 5.79. The molecule has 4 nitrogen and oxygen atoms in total. The quantitative estimate of drug-likeness (QED) is 0.869. The fourth-order valence-electron chi connectivity index (χ4n) is 2.58. The predicted octanol–water partition coefficient (Wildman–Crippen LogP) is 1.73. The van der Waals surface area contributed by atoms with Crippen LogP contribution in [0.5, 0.6) is 5.75 Å². The highest BCUT2D eigenvalue weighted by Gasteiger charge is 2.30. The van der Waals surface area contributed by atoms with Crippen LogP contribution in [0.3, 0.4) is 0 Å². The molecule has 1 aliphatic heterocycles. The molecule has 2 unspecified atom stereocenters. The van der Waals surface area contributed by atoms with Crippen LogP contribution in [0.4, 0.5) is 0 Å². The van der Waals surface area contributed by atoms with Gasteiger partial charge in [0.2, 0.25) is 5.91 Å². The summed E-state index contributed by atoms with van der Waals surface area (Å²) < 4.78 is 5.33. The van der Waals surface area contributed by atoms with Crippen LogP contribution < -0.4 is 15.4 Å². The van der Waals surface area contributed by atoms with Gasteiger partial charge in [-0.15, -0.1) is 0 Å². The molecule has 3 atom stereocenters. The smallest absolute Gasteiger partial charge is 0.225 e. The Morgan fingerprint density at radius 1 is 1.42 bits per heavy atom. The van der Waals surface area contributed by atoms with Gasteiger partial charge in [-0.2, -0.15) is 0 Å². The number of para-hydroxylation sites is 1. The molecule has 1 aromatic rings. The first kappa shape index (κ1) is 13.9. The minimum Gasteiger partial charge on any atom is -0.496 e. The minimum atomic E-state index is -0.0450. The number of carbonyl (C=O) groups excluding carboxylic acids is 1. The molecule has 2 rings (SSSR count). The molecule has 0 aromatic heterocycles. The Hall–Kier alpha value is -1.55. The van der Waals surface area contributed by atoms with E-state index in [1.54, 1.807) is 7.11 Å². The van der Waals surface area contributed by atoms with Crippen molar-refractivity contribution in [2.24, 2.45) is 11.8 Å². The van der Waals surface area contributed by atoms with Crippen LogP contribution in [0, 0.1) is 11.8 Å². The lowest BCUT2D eigenvalue weighted by atomic mass is 9.96. The van der Waals surface area contributed by atoms with Gasteiger partial charge in [-0.25, -0.2) is 0 Å². The summed E-state index contributed by atoms with van der Waals surface area (Å²) in [4.78, 5) is 12.2. The van der Waals surface area contributed by atoms with Crippen LogP contribution in [0.15, 0.2) is 24.3 Å². The first-order valence-corrected chi connectivity index (χ1v) is 6.77. The number of methoxy groups -OCH3 is 1. The summed E-state index contributed by atoms with van der Waals surface area (Å²) in [6.07, 6.45) is 0. The molecule has 104 valence electrons. The standard InChI is InChI=1S/C15H22N2O2/c1-10-8-16-9-13(10)15(18)17-11(2)12-6-4-5-7-14(12)19-3/h4-7,10-11,13,16H,8-9H2,1-3H3,(H,17,18)/t10?,11-,13?/m1/s1. The van der Waals surface area contributed by atoms with Gasteiger partial charge in [0.15, 0.2) is 0 Å². The summed E-state index contributed by atoms with van der Waals surface area (Å²) in [5.74, 6) is 1.39. The lowest BCUT2D eigenvalue weighted by Gasteiger charge is -2.20. The zero-order chi connectivity index (χ0) is 13.8. The molecule has 2 N–H and O–H groups in total. The molecule has 1 saturated heterocycles. The van der Waals surface area contributed by atoms with E-state index in [2.05, 4.69) is 17.6 Å². The molecule has 0 aliphatic carbocycles. The summed E-state index contributed by atoms with van der Waals surface area (Å²) in [5.41, 5.74) is 1.01. The van der Waals surface area contributed by atoms with Crippen LogP contribution in [0.25, 0.3) is 0 Å². The normalized spacial score (nSPS) is 23.9. The third-order valence-electron chi connectivity index (χ3n) is 3.82. The molecule has 19 heavy (non-hydrogen) atoms. The number of amides is 1. The van der Waals surface area contributed by atoms with E-state index in [4.69, 9.17) is 4.74 Å². The van der Waals surface area contributed by atoms with Crippen molar-refractivity contribution < 1.29 is 9.53 Å². The molecule has 0 radical (unpaired) electrons. The Bertz CT molecular complexity index is 448. The third kappa shape index (κ3) is 3.07. The van der Waals surface area contributed by atoms with Gasteiger partial charge in [0.1, 0.15) is 5.75 Å². The monoisotopic (exact) mass is 262 g/mol. The number of benzene rings is 1. The number of nitrogens with one attached hydrogen (secondary N) is 2. The Kier molecular flexibility index (Phi) is 4.43. The van der Waals surface area contributed by atoms with Crippen LogP contribution in [0.2, 0.25) is 0 Å². The number of ether oxygens (including phenoxy) is 1.